The summed E-state index contributed by atoms with van der Waals surface area (Å²) in [6.45, 7) is 1.41. The summed E-state index contributed by atoms with van der Waals surface area (Å²) in [5.41, 5.74) is 2.32. The molecule has 0 atom stereocenters. The Labute approximate surface area is 145 Å². The van der Waals surface area contributed by atoms with Gasteiger partial charge in [0, 0.05) is 18.1 Å². The van der Waals surface area contributed by atoms with Crippen molar-refractivity contribution < 1.29 is 18.7 Å². The Balaban J connectivity index is 2.07. The monoisotopic (exact) mass is 338 g/mol. The standard InChI is InChI=1S/C19H18N2O4/c1-12(22)20-19-21-17(13-4-8-15(23-2)9-5-13)18(25-19)14-6-10-16(24-3)11-7-14/h4-11H,1-3H3,(H,20,21,22). The van der Waals surface area contributed by atoms with Crippen LogP contribution in [0.3, 0.4) is 0 Å². The number of hydrogen-bond acceptors (Lipinski definition) is 5. The maximum atomic E-state index is 11.3. The molecule has 0 radical (unpaired) electrons. The van der Waals surface area contributed by atoms with Crippen LogP contribution in [0, 0.1) is 0 Å². The summed E-state index contributed by atoms with van der Waals surface area (Å²) in [7, 11) is 3.23. The van der Waals surface area contributed by atoms with Crippen LogP contribution >= 0.6 is 0 Å². The highest BCUT2D eigenvalue weighted by Crippen LogP contribution is 2.35. The number of carbonyl (C=O) groups excluding carboxylic acids is 1. The molecule has 2 aromatic carbocycles. The molecule has 0 unspecified atom stereocenters. The van der Waals surface area contributed by atoms with Gasteiger partial charge in [0.1, 0.15) is 17.2 Å². The molecule has 128 valence electrons. The van der Waals surface area contributed by atoms with Gasteiger partial charge in [-0.25, -0.2) is 0 Å². The van der Waals surface area contributed by atoms with Crippen molar-refractivity contribution in [1.82, 2.24) is 4.98 Å². The minimum absolute atomic E-state index is 0.157. The van der Waals surface area contributed by atoms with Gasteiger partial charge < -0.3 is 13.9 Å². The number of methoxy groups -OCH3 is 2. The fraction of sp³-hybridized carbons (Fsp3) is 0.158. The number of benzene rings is 2. The molecule has 1 aromatic heterocycles. The first kappa shape index (κ1) is 16.6. The Kier molecular flexibility index (Phi) is 4.70. The molecule has 0 saturated heterocycles. The summed E-state index contributed by atoms with van der Waals surface area (Å²) >= 11 is 0. The van der Waals surface area contributed by atoms with E-state index in [1.54, 1.807) is 14.2 Å². The lowest BCUT2D eigenvalue weighted by Gasteiger charge is -2.04. The van der Waals surface area contributed by atoms with Gasteiger partial charge in [0.2, 0.25) is 5.91 Å². The first-order valence-electron chi connectivity index (χ1n) is 7.68. The highest BCUT2D eigenvalue weighted by atomic mass is 16.5. The van der Waals surface area contributed by atoms with Crippen molar-refractivity contribution in [3.8, 4) is 34.1 Å². The average molecular weight is 338 g/mol. The summed E-state index contributed by atoms with van der Waals surface area (Å²) in [5, 5.41) is 2.58. The Bertz CT molecular complexity index is 802. The van der Waals surface area contributed by atoms with E-state index in [0.717, 1.165) is 22.6 Å². The van der Waals surface area contributed by atoms with Crippen molar-refractivity contribution >= 4 is 11.9 Å². The number of carbonyl (C=O) groups is 1. The van der Waals surface area contributed by atoms with E-state index in [1.165, 1.54) is 6.92 Å². The largest absolute Gasteiger partial charge is 0.497 e. The summed E-state index contributed by atoms with van der Waals surface area (Å²) in [6, 6.07) is 15.1. The molecule has 0 saturated carbocycles. The minimum Gasteiger partial charge on any atom is -0.497 e. The first-order chi connectivity index (χ1) is 12.1. The molecule has 1 heterocycles. The minimum atomic E-state index is -0.246. The molecule has 0 spiro atoms. The number of aromatic nitrogens is 1. The Morgan fingerprint density at radius 3 is 1.92 bits per heavy atom. The summed E-state index contributed by atoms with van der Waals surface area (Å²) in [5.74, 6) is 1.82. The van der Waals surface area contributed by atoms with Crippen LogP contribution in [-0.4, -0.2) is 25.1 Å². The van der Waals surface area contributed by atoms with Crippen LogP contribution in [0.25, 0.3) is 22.6 Å². The van der Waals surface area contributed by atoms with Gasteiger partial charge in [-0.1, -0.05) is 0 Å². The van der Waals surface area contributed by atoms with Crippen molar-refractivity contribution in [3.63, 3.8) is 0 Å². The lowest BCUT2D eigenvalue weighted by Crippen LogP contribution is -2.05. The molecule has 3 aromatic rings. The molecule has 0 bridgehead atoms. The molecule has 3 rings (SSSR count). The first-order valence-corrected chi connectivity index (χ1v) is 7.68. The van der Waals surface area contributed by atoms with E-state index >= 15 is 0 Å². The number of oxazole rings is 1. The Morgan fingerprint density at radius 2 is 1.44 bits per heavy atom. The van der Waals surface area contributed by atoms with Crippen molar-refractivity contribution in [3.05, 3.63) is 48.5 Å². The third-order valence-corrected chi connectivity index (χ3v) is 3.63. The van der Waals surface area contributed by atoms with Crippen molar-refractivity contribution in [2.24, 2.45) is 0 Å². The van der Waals surface area contributed by atoms with E-state index < -0.39 is 0 Å². The number of hydrogen-bond donors (Lipinski definition) is 1. The van der Waals surface area contributed by atoms with Gasteiger partial charge in [-0.05, 0) is 48.5 Å². The van der Waals surface area contributed by atoms with Gasteiger partial charge in [-0.15, -0.1) is 0 Å². The van der Waals surface area contributed by atoms with Crippen LogP contribution in [0.2, 0.25) is 0 Å². The number of nitrogens with one attached hydrogen (secondary N) is 1. The second-order valence-corrected chi connectivity index (χ2v) is 5.33. The van der Waals surface area contributed by atoms with E-state index in [9.17, 15) is 4.79 Å². The van der Waals surface area contributed by atoms with Crippen LogP contribution < -0.4 is 14.8 Å². The summed E-state index contributed by atoms with van der Waals surface area (Å²) in [6.07, 6.45) is 0. The van der Waals surface area contributed by atoms with Crippen molar-refractivity contribution in [1.29, 1.82) is 0 Å². The van der Waals surface area contributed by atoms with Gasteiger partial charge in [0.25, 0.3) is 0 Å². The Morgan fingerprint density at radius 1 is 0.920 bits per heavy atom. The van der Waals surface area contributed by atoms with E-state index in [1.807, 2.05) is 48.5 Å². The molecule has 1 N–H and O–H groups in total. The number of ether oxygens (including phenoxy) is 2. The molecular formula is C19H18N2O4. The van der Waals surface area contributed by atoms with Crippen LogP contribution in [0.15, 0.2) is 52.9 Å². The second kappa shape index (κ2) is 7.09. The van der Waals surface area contributed by atoms with Crippen LogP contribution in [-0.2, 0) is 4.79 Å². The highest BCUT2D eigenvalue weighted by Gasteiger charge is 2.18. The van der Waals surface area contributed by atoms with Gasteiger partial charge in [-0.3, -0.25) is 10.1 Å². The number of anilines is 1. The molecule has 1 amide bonds. The maximum absolute atomic E-state index is 11.3. The topological polar surface area (TPSA) is 73.6 Å². The zero-order valence-corrected chi connectivity index (χ0v) is 14.2. The molecule has 0 fully saturated rings. The molecule has 0 aliphatic carbocycles. The van der Waals surface area contributed by atoms with Crippen LogP contribution in [0.5, 0.6) is 11.5 Å². The molecular weight excluding hydrogens is 320 g/mol. The predicted molar refractivity (Wildman–Crippen MR) is 94.8 cm³/mol. The van der Waals surface area contributed by atoms with E-state index in [2.05, 4.69) is 10.3 Å². The lowest BCUT2D eigenvalue weighted by molar-refractivity contribution is -0.114. The van der Waals surface area contributed by atoms with Crippen molar-refractivity contribution in [2.45, 2.75) is 6.92 Å². The second-order valence-electron chi connectivity index (χ2n) is 5.33. The third kappa shape index (κ3) is 3.63. The molecule has 6 nitrogen and oxygen atoms in total. The van der Waals surface area contributed by atoms with Gasteiger partial charge in [0.05, 0.1) is 14.2 Å². The molecule has 6 heteroatoms. The molecule has 0 aliphatic heterocycles. The predicted octanol–water partition coefficient (Wildman–Crippen LogP) is 3.98. The fourth-order valence-electron chi connectivity index (χ4n) is 2.41. The zero-order valence-electron chi connectivity index (χ0n) is 14.2. The normalized spacial score (nSPS) is 10.4. The van der Waals surface area contributed by atoms with E-state index in [4.69, 9.17) is 13.9 Å². The highest BCUT2D eigenvalue weighted by molar-refractivity contribution is 5.88. The Hall–Kier alpha value is -3.28. The number of rotatable bonds is 5. The van der Waals surface area contributed by atoms with Crippen LogP contribution in [0.4, 0.5) is 6.01 Å². The zero-order chi connectivity index (χ0) is 17.8. The average Bonchev–Trinajstić information content (AvgIpc) is 3.05. The summed E-state index contributed by atoms with van der Waals surface area (Å²) < 4.78 is 16.2. The van der Waals surface area contributed by atoms with Crippen molar-refractivity contribution in [2.75, 3.05) is 19.5 Å². The number of nitrogens with zero attached hydrogens (tertiary/aromatic N) is 1. The maximum Gasteiger partial charge on any atom is 0.302 e. The fourth-order valence-corrected chi connectivity index (χ4v) is 2.41. The number of amides is 1. The molecule has 25 heavy (non-hydrogen) atoms. The summed E-state index contributed by atoms with van der Waals surface area (Å²) in [4.78, 5) is 15.8. The van der Waals surface area contributed by atoms with Gasteiger partial charge >= 0.3 is 6.01 Å². The van der Waals surface area contributed by atoms with Crippen LogP contribution in [0.1, 0.15) is 6.92 Å². The molecule has 0 aliphatic rings. The smallest absolute Gasteiger partial charge is 0.302 e. The quantitative estimate of drug-likeness (QED) is 0.761. The van der Waals surface area contributed by atoms with E-state index in [0.29, 0.717) is 11.5 Å². The van der Waals surface area contributed by atoms with Gasteiger partial charge in [0.15, 0.2) is 5.76 Å². The third-order valence-electron chi connectivity index (χ3n) is 3.63. The SMILES string of the molecule is COc1ccc(-c2nc(NC(C)=O)oc2-c2ccc(OC)cc2)cc1. The van der Waals surface area contributed by atoms with E-state index in [-0.39, 0.29) is 11.9 Å². The van der Waals surface area contributed by atoms with Gasteiger partial charge in [-0.2, -0.15) is 4.98 Å². The lowest BCUT2D eigenvalue weighted by atomic mass is 10.1.